The molecule has 4 rings (SSSR count). The molecule has 0 spiro atoms. The van der Waals surface area contributed by atoms with Gasteiger partial charge >= 0.3 is 0 Å². The monoisotopic (exact) mass is 415 g/mol. The third-order valence-electron chi connectivity index (χ3n) is 5.00. The van der Waals surface area contributed by atoms with Crippen molar-refractivity contribution in [1.29, 1.82) is 0 Å². The van der Waals surface area contributed by atoms with E-state index in [1.807, 2.05) is 0 Å². The van der Waals surface area contributed by atoms with Gasteiger partial charge in [0.1, 0.15) is 5.82 Å². The zero-order valence-corrected chi connectivity index (χ0v) is 14.8. The number of hydrogen-bond acceptors (Lipinski definition) is 2. The highest BCUT2D eigenvalue weighted by atomic mass is 127. The average Bonchev–Trinajstić information content (AvgIpc) is 3.07. The summed E-state index contributed by atoms with van der Waals surface area (Å²) in [4.78, 5) is 7.45. The molecule has 2 aromatic rings. The van der Waals surface area contributed by atoms with Crippen molar-refractivity contribution in [3.05, 3.63) is 27.6 Å². The van der Waals surface area contributed by atoms with Crippen molar-refractivity contribution in [1.82, 2.24) is 14.5 Å². The molecule has 1 aromatic carbocycles. The summed E-state index contributed by atoms with van der Waals surface area (Å²) in [6.45, 7) is 2.49. The smallest absolute Gasteiger partial charge is 0.125 e. The molecule has 2 saturated heterocycles. The Morgan fingerprint density at radius 1 is 1.19 bits per heavy atom. The van der Waals surface area contributed by atoms with Crippen molar-refractivity contribution in [2.75, 3.05) is 13.1 Å². The number of imidazole rings is 1. The normalized spacial score (nSPS) is 26.4. The van der Waals surface area contributed by atoms with E-state index in [0.717, 1.165) is 11.3 Å². The molecule has 0 aliphatic carbocycles. The van der Waals surface area contributed by atoms with Gasteiger partial charge in [0.25, 0.3) is 0 Å². The molecule has 0 amide bonds. The summed E-state index contributed by atoms with van der Waals surface area (Å²) in [7, 11) is 0. The Balaban J connectivity index is 1.81. The molecule has 0 saturated carbocycles. The molecule has 3 heterocycles. The number of piperidine rings is 1. The van der Waals surface area contributed by atoms with Crippen LogP contribution in [-0.4, -0.2) is 33.6 Å². The SMILES string of the molecule is ClCc1nc2cc(I)ccc2n1C1CCN2CCCCC12. The lowest BCUT2D eigenvalue weighted by molar-refractivity contribution is 0.174. The minimum Gasteiger partial charge on any atom is -0.322 e. The van der Waals surface area contributed by atoms with Crippen LogP contribution < -0.4 is 0 Å². The van der Waals surface area contributed by atoms with Crippen LogP contribution in [0.3, 0.4) is 0 Å². The van der Waals surface area contributed by atoms with Crippen LogP contribution in [0.1, 0.15) is 37.5 Å². The Bertz CT molecular complexity index is 669. The van der Waals surface area contributed by atoms with Crippen LogP contribution in [0, 0.1) is 3.57 Å². The van der Waals surface area contributed by atoms with Crippen LogP contribution in [0.2, 0.25) is 0 Å². The van der Waals surface area contributed by atoms with Crippen molar-refractivity contribution in [3.8, 4) is 0 Å². The highest BCUT2D eigenvalue weighted by Gasteiger charge is 2.37. The van der Waals surface area contributed by atoms with Gasteiger partial charge in [-0.15, -0.1) is 11.6 Å². The first-order valence-electron chi connectivity index (χ1n) is 7.74. The van der Waals surface area contributed by atoms with E-state index in [9.17, 15) is 0 Å². The second kappa shape index (κ2) is 5.70. The van der Waals surface area contributed by atoms with Crippen LogP contribution in [0.4, 0.5) is 0 Å². The van der Waals surface area contributed by atoms with E-state index in [2.05, 4.69) is 50.3 Å². The minimum atomic E-state index is 0.495. The van der Waals surface area contributed by atoms with E-state index >= 15 is 0 Å². The van der Waals surface area contributed by atoms with Crippen molar-refractivity contribution in [2.45, 2.75) is 43.6 Å². The van der Waals surface area contributed by atoms with Gasteiger partial charge in [-0.25, -0.2) is 4.98 Å². The van der Waals surface area contributed by atoms with E-state index in [-0.39, 0.29) is 0 Å². The number of nitrogens with zero attached hydrogens (tertiary/aromatic N) is 3. The molecule has 2 aliphatic heterocycles. The van der Waals surface area contributed by atoms with Gasteiger partial charge in [-0.2, -0.15) is 0 Å². The van der Waals surface area contributed by atoms with Crippen molar-refractivity contribution >= 4 is 45.2 Å². The molecule has 112 valence electrons. The number of alkyl halides is 1. The molecule has 5 heteroatoms. The van der Waals surface area contributed by atoms with E-state index in [1.165, 1.54) is 47.9 Å². The second-order valence-corrected chi connectivity index (χ2v) is 7.63. The van der Waals surface area contributed by atoms with Gasteiger partial charge in [-0.05, 0) is 66.6 Å². The summed E-state index contributed by atoms with van der Waals surface area (Å²) >= 11 is 8.55. The predicted molar refractivity (Wildman–Crippen MR) is 94.9 cm³/mol. The molecular weight excluding hydrogens is 397 g/mol. The van der Waals surface area contributed by atoms with E-state index < -0.39 is 0 Å². The van der Waals surface area contributed by atoms with Gasteiger partial charge < -0.3 is 4.57 Å². The average molecular weight is 416 g/mol. The van der Waals surface area contributed by atoms with Crippen LogP contribution in [0.15, 0.2) is 18.2 Å². The predicted octanol–water partition coefficient (Wildman–Crippen LogP) is 4.18. The summed E-state index contributed by atoms with van der Waals surface area (Å²) in [6, 6.07) is 7.77. The quantitative estimate of drug-likeness (QED) is 0.542. The molecule has 1 aromatic heterocycles. The van der Waals surface area contributed by atoms with E-state index in [0.29, 0.717) is 18.0 Å². The Kier molecular flexibility index (Phi) is 3.88. The van der Waals surface area contributed by atoms with E-state index in [4.69, 9.17) is 16.6 Å². The molecule has 2 unspecified atom stereocenters. The third-order valence-corrected chi connectivity index (χ3v) is 5.91. The molecule has 0 N–H and O–H groups in total. The van der Waals surface area contributed by atoms with Crippen molar-refractivity contribution in [2.24, 2.45) is 0 Å². The molecule has 3 nitrogen and oxygen atoms in total. The Hall–Kier alpha value is -0.330. The molecule has 21 heavy (non-hydrogen) atoms. The molecule has 2 atom stereocenters. The number of hydrogen-bond donors (Lipinski definition) is 0. The lowest BCUT2D eigenvalue weighted by atomic mass is 9.98. The molecule has 0 bridgehead atoms. The van der Waals surface area contributed by atoms with Gasteiger partial charge in [0, 0.05) is 16.2 Å². The highest BCUT2D eigenvalue weighted by Crippen LogP contribution is 2.38. The number of fused-ring (bicyclic) bond motifs is 2. The zero-order chi connectivity index (χ0) is 14.4. The summed E-state index contributed by atoms with van der Waals surface area (Å²) in [5.41, 5.74) is 2.34. The van der Waals surface area contributed by atoms with Crippen LogP contribution in [-0.2, 0) is 5.88 Å². The van der Waals surface area contributed by atoms with Crippen LogP contribution in [0.25, 0.3) is 11.0 Å². The van der Waals surface area contributed by atoms with Crippen molar-refractivity contribution in [3.63, 3.8) is 0 Å². The first-order chi connectivity index (χ1) is 10.3. The fraction of sp³-hybridized carbons (Fsp3) is 0.562. The zero-order valence-electron chi connectivity index (χ0n) is 11.9. The van der Waals surface area contributed by atoms with E-state index in [1.54, 1.807) is 0 Å². The first-order valence-corrected chi connectivity index (χ1v) is 9.35. The molecular formula is C16H19ClIN3. The Morgan fingerprint density at radius 3 is 2.95 bits per heavy atom. The fourth-order valence-corrected chi connectivity index (χ4v) is 4.77. The maximum Gasteiger partial charge on any atom is 0.125 e. The van der Waals surface area contributed by atoms with Crippen LogP contribution in [0.5, 0.6) is 0 Å². The number of rotatable bonds is 2. The Morgan fingerprint density at radius 2 is 2.10 bits per heavy atom. The summed E-state index contributed by atoms with van der Waals surface area (Å²) in [5.74, 6) is 1.53. The number of benzene rings is 1. The first kappa shape index (κ1) is 14.3. The molecule has 0 radical (unpaired) electrons. The minimum absolute atomic E-state index is 0.495. The highest BCUT2D eigenvalue weighted by molar-refractivity contribution is 14.1. The van der Waals surface area contributed by atoms with Gasteiger partial charge in [0.15, 0.2) is 0 Å². The summed E-state index contributed by atoms with van der Waals surface area (Å²) < 4.78 is 3.67. The molecule has 2 aliphatic rings. The lowest BCUT2D eigenvalue weighted by Gasteiger charge is -2.33. The standard InChI is InChI=1S/C16H19ClIN3/c17-10-16-19-12-9-11(18)4-5-13(12)21(16)15-6-8-20-7-2-1-3-14(15)20/h4-5,9,14-15H,1-3,6-8,10H2. The second-order valence-electron chi connectivity index (χ2n) is 6.12. The van der Waals surface area contributed by atoms with Gasteiger partial charge in [-0.1, -0.05) is 6.42 Å². The fourth-order valence-electron chi connectivity index (χ4n) is 4.11. The van der Waals surface area contributed by atoms with Crippen LogP contribution >= 0.6 is 34.2 Å². The summed E-state index contributed by atoms with van der Waals surface area (Å²) in [6.07, 6.45) is 5.26. The maximum atomic E-state index is 6.20. The van der Waals surface area contributed by atoms with Gasteiger partial charge in [-0.3, -0.25) is 4.90 Å². The van der Waals surface area contributed by atoms with Crippen molar-refractivity contribution < 1.29 is 0 Å². The third kappa shape index (κ3) is 2.39. The topological polar surface area (TPSA) is 21.1 Å². The number of aromatic nitrogens is 2. The number of halogens is 2. The Labute approximate surface area is 143 Å². The largest absolute Gasteiger partial charge is 0.322 e. The summed E-state index contributed by atoms with van der Waals surface area (Å²) in [5, 5.41) is 0. The molecule has 2 fully saturated rings. The maximum absolute atomic E-state index is 6.20. The lowest BCUT2D eigenvalue weighted by Crippen LogP contribution is -2.38. The van der Waals surface area contributed by atoms with Gasteiger partial charge in [0.2, 0.25) is 0 Å². The van der Waals surface area contributed by atoms with Gasteiger partial charge in [0.05, 0.1) is 23.0 Å².